The molecule has 1 N–H and O–H groups in total. The van der Waals surface area contributed by atoms with Crippen molar-refractivity contribution in [1.29, 1.82) is 0 Å². The molecule has 1 aromatic rings. The Morgan fingerprint density at radius 1 is 1.21 bits per heavy atom. The van der Waals surface area contributed by atoms with Gasteiger partial charge in [-0.2, -0.15) is 0 Å². The molecule has 3 aliphatic rings. The predicted octanol–water partition coefficient (Wildman–Crippen LogP) is 2.47. The van der Waals surface area contributed by atoms with E-state index in [1.165, 1.54) is 62.9 Å². The minimum Gasteiger partial charge on any atom is -0.370 e. The van der Waals surface area contributed by atoms with Gasteiger partial charge in [0.2, 0.25) is 0 Å². The average molecular weight is 257 g/mol. The van der Waals surface area contributed by atoms with Gasteiger partial charge in [-0.05, 0) is 62.6 Å². The van der Waals surface area contributed by atoms with Crippen molar-refractivity contribution in [3.8, 4) is 0 Å². The fraction of sp³-hybridized carbons (Fsp3) is 0.688. The summed E-state index contributed by atoms with van der Waals surface area (Å²) in [7, 11) is 0. The molecule has 2 heterocycles. The first kappa shape index (κ1) is 11.7. The van der Waals surface area contributed by atoms with Crippen molar-refractivity contribution in [2.45, 2.75) is 44.6 Å². The number of hydrogen-bond acceptors (Lipinski definition) is 3. The van der Waals surface area contributed by atoms with Gasteiger partial charge >= 0.3 is 0 Å². The first-order valence-corrected chi connectivity index (χ1v) is 7.85. The third-order valence-corrected chi connectivity index (χ3v) is 4.88. The third-order valence-electron chi connectivity index (χ3n) is 4.88. The Bertz CT molecular complexity index is 467. The van der Waals surface area contributed by atoms with Crippen molar-refractivity contribution in [1.82, 2.24) is 9.88 Å². The molecule has 0 amide bonds. The highest BCUT2D eigenvalue weighted by Crippen LogP contribution is 2.31. The molecule has 3 nitrogen and oxygen atoms in total. The van der Waals surface area contributed by atoms with Gasteiger partial charge in [0.25, 0.3) is 0 Å². The zero-order valence-corrected chi connectivity index (χ0v) is 11.6. The monoisotopic (exact) mass is 257 g/mol. The van der Waals surface area contributed by atoms with Crippen LogP contribution in [0.2, 0.25) is 0 Å². The summed E-state index contributed by atoms with van der Waals surface area (Å²) in [6, 6.07) is 5.36. The molecule has 1 atom stereocenters. The van der Waals surface area contributed by atoms with Gasteiger partial charge in [-0.15, -0.1) is 0 Å². The van der Waals surface area contributed by atoms with Crippen LogP contribution in [0.1, 0.15) is 36.9 Å². The number of pyridine rings is 1. The lowest BCUT2D eigenvalue weighted by molar-refractivity contribution is 0.316. The lowest BCUT2D eigenvalue weighted by Crippen LogP contribution is -2.25. The van der Waals surface area contributed by atoms with Gasteiger partial charge in [0.15, 0.2) is 0 Å². The topological polar surface area (TPSA) is 28.2 Å². The minimum absolute atomic E-state index is 0.815. The number of aryl methyl sites for hydroxylation is 2. The van der Waals surface area contributed by atoms with Crippen molar-refractivity contribution in [2.75, 3.05) is 25.0 Å². The van der Waals surface area contributed by atoms with Crippen molar-refractivity contribution in [3.05, 3.63) is 23.4 Å². The Morgan fingerprint density at radius 3 is 3.05 bits per heavy atom. The molecule has 0 aromatic carbocycles. The first-order valence-electron chi connectivity index (χ1n) is 7.85. The van der Waals surface area contributed by atoms with E-state index in [-0.39, 0.29) is 0 Å². The molecule has 2 fully saturated rings. The summed E-state index contributed by atoms with van der Waals surface area (Å²) >= 11 is 0. The van der Waals surface area contributed by atoms with Gasteiger partial charge in [-0.3, -0.25) is 0 Å². The number of rotatable bonds is 4. The molecule has 0 spiro atoms. The average Bonchev–Trinajstić information content (AvgIpc) is 3.01. The number of aromatic nitrogens is 1. The summed E-state index contributed by atoms with van der Waals surface area (Å²) in [4.78, 5) is 7.44. The summed E-state index contributed by atoms with van der Waals surface area (Å²) < 4.78 is 0. The molecule has 0 radical (unpaired) electrons. The Kier molecular flexibility index (Phi) is 2.95. The summed E-state index contributed by atoms with van der Waals surface area (Å²) in [6.07, 6.45) is 7.91. The van der Waals surface area contributed by atoms with Crippen molar-refractivity contribution >= 4 is 5.82 Å². The van der Waals surface area contributed by atoms with Crippen LogP contribution in [0.3, 0.4) is 0 Å². The molecule has 0 bridgehead atoms. The second kappa shape index (κ2) is 4.78. The molecule has 1 saturated carbocycles. The van der Waals surface area contributed by atoms with Crippen LogP contribution >= 0.6 is 0 Å². The van der Waals surface area contributed by atoms with Crippen LogP contribution in [0.25, 0.3) is 0 Å². The van der Waals surface area contributed by atoms with Gasteiger partial charge in [-0.1, -0.05) is 6.07 Å². The van der Waals surface area contributed by atoms with Crippen LogP contribution in [0.15, 0.2) is 12.1 Å². The first-order chi connectivity index (χ1) is 9.38. The molecular weight excluding hydrogens is 234 g/mol. The highest BCUT2D eigenvalue weighted by atomic mass is 15.2. The molecule has 1 aliphatic heterocycles. The summed E-state index contributed by atoms with van der Waals surface area (Å²) in [6.45, 7) is 3.70. The zero-order chi connectivity index (χ0) is 12.7. The van der Waals surface area contributed by atoms with Gasteiger partial charge < -0.3 is 10.2 Å². The van der Waals surface area contributed by atoms with Crippen LogP contribution < -0.4 is 5.32 Å². The van der Waals surface area contributed by atoms with Crippen LogP contribution in [0.4, 0.5) is 5.82 Å². The number of fused-ring (bicyclic) bond motifs is 1. The fourth-order valence-corrected chi connectivity index (χ4v) is 3.57. The molecule has 19 heavy (non-hydrogen) atoms. The van der Waals surface area contributed by atoms with Gasteiger partial charge in [0, 0.05) is 24.8 Å². The number of hydrogen-bond donors (Lipinski definition) is 1. The van der Waals surface area contributed by atoms with E-state index < -0.39 is 0 Å². The van der Waals surface area contributed by atoms with Gasteiger partial charge in [0.05, 0.1) is 0 Å². The van der Waals surface area contributed by atoms with Crippen LogP contribution in [-0.2, 0) is 12.8 Å². The lowest BCUT2D eigenvalue weighted by atomic mass is 10.1. The second-order valence-electron chi connectivity index (χ2n) is 6.42. The maximum absolute atomic E-state index is 4.76. The Morgan fingerprint density at radius 2 is 2.16 bits per heavy atom. The largest absolute Gasteiger partial charge is 0.370 e. The van der Waals surface area contributed by atoms with E-state index in [1.54, 1.807) is 0 Å². The van der Waals surface area contributed by atoms with E-state index in [4.69, 9.17) is 4.98 Å². The fourth-order valence-electron chi connectivity index (χ4n) is 3.57. The Hall–Kier alpha value is -1.09. The smallest absolute Gasteiger partial charge is 0.126 e. The SMILES string of the molecule is c1cc2c(nc1NCC1CCN(C3CC3)C1)CCC2. The standard InChI is InChI=1S/C16H23N3/c1-2-13-4-7-16(18-15(13)3-1)17-10-12-8-9-19(11-12)14-5-6-14/h4,7,12,14H,1-3,5-6,8-11H2,(H,17,18). The van der Waals surface area contributed by atoms with Gasteiger partial charge in [-0.25, -0.2) is 4.98 Å². The number of nitrogens with zero attached hydrogens (tertiary/aromatic N) is 2. The maximum Gasteiger partial charge on any atom is 0.126 e. The van der Waals surface area contributed by atoms with E-state index >= 15 is 0 Å². The second-order valence-corrected chi connectivity index (χ2v) is 6.42. The van der Waals surface area contributed by atoms with E-state index in [0.717, 1.165) is 24.3 Å². The molecule has 1 unspecified atom stereocenters. The minimum atomic E-state index is 0.815. The van der Waals surface area contributed by atoms with E-state index in [2.05, 4.69) is 22.3 Å². The van der Waals surface area contributed by atoms with Gasteiger partial charge in [0.1, 0.15) is 5.82 Å². The van der Waals surface area contributed by atoms with Crippen LogP contribution in [0, 0.1) is 5.92 Å². The Balaban J connectivity index is 1.32. The Labute approximate surface area is 115 Å². The molecule has 2 aliphatic carbocycles. The highest BCUT2D eigenvalue weighted by molar-refractivity contribution is 5.40. The zero-order valence-electron chi connectivity index (χ0n) is 11.6. The van der Waals surface area contributed by atoms with E-state index in [1.807, 2.05) is 0 Å². The lowest BCUT2D eigenvalue weighted by Gasteiger charge is -2.15. The summed E-state index contributed by atoms with van der Waals surface area (Å²) in [5.41, 5.74) is 2.79. The van der Waals surface area contributed by atoms with Crippen molar-refractivity contribution in [3.63, 3.8) is 0 Å². The molecular formula is C16H23N3. The summed E-state index contributed by atoms with van der Waals surface area (Å²) in [5, 5.41) is 3.56. The third kappa shape index (κ3) is 2.48. The van der Waals surface area contributed by atoms with Crippen LogP contribution in [-0.4, -0.2) is 35.6 Å². The van der Waals surface area contributed by atoms with E-state index in [9.17, 15) is 0 Å². The van der Waals surface area contributed by atoms with Crippen LogP contribution in [0.5, 0.6) is 0 Å². The maximum atomic E-state index is 4.76. The van der Waals surface area contributed by atoms with Crippen molar-refractivity contribution < 1.29 is 0 Å². The number of nitrogens with one attached hydrogen (secondary N) is 1. The molecule has 3 heteroatoms. The molecule has 1 aromatic heterocycles. The summed E-state index contributed by atoms with van der Waals surface area (Å²) in [5.74, 6) is 1.90. The number of anilines is 1. The predicted molar refractivity (Wildman–Crippen MR) is 77.5 cm³/mol. The quantitative estimate of drug-likeness (QED) is 0.898. The normalized spacial score (nSPS) is 26.6. The van der Waals surface area contributed by atoms with E-state index in [0.29, 0.717) is 0 Å². The molecule has 102 valence electrons. The molecule has 1 saturated heterocycles. The highest BCUT2D eigenvalue weighted by Gasteiger charge is 2.34. The number of likely N-dealkylation sites (tertiary alicyclic amines) is 1. The molecule has 4 rings (SSSR count). The van der Waals surface area contributed by atoms with Crippen molar-refractivity contribution in [2.24, 2.45) is 5.92 Å².